The Bertz CT molecular complexity index is 883. The first-order chi connectivity index (χ1) is 11.6. The van der Waals surface area contributed by atoms with Crippen LogP contribution in [-0.2, 0) is 11.3 Å². The van der Waals surface area contributed by atoms with E-state index in [0.29, 0.717) is 17.2 Å². The first-order valence-corrected chi connectivity index (χ1v) is 8.15. The zero-order valence-corrected chi connectivity index (χ0v) is 13.9. The molecular weight excluding hydrogens is 328 g/mol. The van der Waals surface area contributed by atoms with Crippen molar-refractivity contribution in [2.45, 2.75) is 0 Å². The molecule has 3 rings (SSSR count). The minimum atomic E-state index is -2.31. The fraction of sp³-hybridized carbons (Fsp3) is 0.118. The van der Waals surface area contributed by atoms with Crippen LogP contribution >= 0.6 is 0 Å². The van der Waals surface area contributed by atoms with E-state index < -0.39 is 11.3 Å². The van der Waals surface area contributed by atoms with Gasteiger partial charge >= 0.3 is 0 Å². The maximum absolute atomic E-state index is 11.0. The predicted molar refractivity (Wildman–Crippen MR) is 92.1 cm³/mol. The van der Waals surface area contributed by atoms with Gasteiger partial charge in [-0.05, 0) is 42.5 Å². The van der Waals surface area contributed by atoms with Crippen molar-refractivity contribution in [3.8, 4) is 17.2 Å². The van der Waals surface area contributed by atoms with Crippen LogP contribution in [0.1, 0.15) is 0 Å². The summed E-state index contributed by atoms with van der Waals surface area (Å²) in [4.78, 5) is 4.31. The first kappa shape index (κ1) is 16.2. The Labute approximate surface area is 142 Å². The molecule has 1 aromatic heterocycles. The molecule has 0 fully saturated rings. The minimum absolute atomic E-state index is 0.556. The average molecular weight is 343 g/mol. The van der Waals surface area contributed by atoms with E-state index in [0.717, 1.165) is 21.0 Å². The minimum Gasteiger partial charge on any atom is -0.755 e. The van der Waals surface area contributed by atoms with Crippen molar-refractivity contribution in [2.75, 3.05) is 18.5 Å². The Morgan fingerprint density at radius 3 is 2.46 bits per heavy atom. The molecule has 0 aliphatic heterocycles. The van der Waals surface area contributed by atoms with E-state index in [9.17, 15) is 8.76 Å². The van der Waals surface area contributed by atoms with E-state index >= 15 is 0 Å². The largest absolute Gasteiger partial charge is 0.755 e. The number of benzene rings is 2. The number of methoxy groups -OCH3 is 1. The second kappa shape index (κ2) is 6.86. The lowest BCUT2D eigenvalue weighted by Crippen LogP contribution is -2.19. The van der Waals surface area contributed by atoms with Gasteiger partial charge in [-0.1, -0.05) is 0 Å². The van der Waals surface area contributed by atoms with E-state index in [4.69, 9.17) is 9.47 Å². The van der Waals surface area contributed by atoms with Gasteiger partial charge in [-0.2, -0.15) is 0 Å². The van der Waals surface area contributed by atoms with E-state index in [1.54, 1.807) is 43.6 Å². The van der Waals surface area contributed by atoms with Crippen LogP contribution in [0.4, 0.5) is 5.69 Å². The monoisotopic (exact) mass is 343 g/mol. The van der Waals surface area contributed by atoms with E-state index in [1.807, 2.05) is 18.2 Å². The predicted octanol–water partition coefficient (Wildman–Crippen LogP) is 3.27. The second-order valence-electron chi connectivity index (χ2n) is 5.00. The molecule has 1 heterocycles. The number of fused-ring (bicyclic) bond motifs is 1. The summed E-state index contributed by atoms with van der Waals surface area (Å²) in [5.74, 6) is 1.99. The van der Waals surface area contributed by atoms with Crippen molar-refractivity contribution in [3.63, 3.8) is 0 Å². The maximum atomic E-state index is 11.0. The fourth-order valence-corrected chi connectivity index (χ4v) is 2.55. The normalized spacial score (nSPS) is 12.0. The van der Waals surface area contributed by atoms with Gasteiger partial charge in [-0.25, -0.2) is 0 Å². The molecular formula is C17H15N2O4S-. The quantitative estimate of drug-likeness (QED) is 0.665. The summed E-state index contributed by atoms with van der Waals surface area (Å²) in [6.45, 7) is 0. The molecule has 0 aliphatic carbocycles. The summed E-state index contributed by atoms with van der Waals surface area (Å²) in [6.07, 6.45) is 1.67. The summed E-state index contributed by atoms with van der Waals surface area (Å²) < 4.78 is 34.1. The summed E-state index contributed by atoms with van der Waals surface area (Å²) >= 11 is -2.31. The molecule has 2 aromatic carbocycles. The number of nitrogens with zero attached hydrogens (tertiary/aromatic N) is 2. The molecule has 0 amide bonds. The van der Waals surface area contributed by atoms with Crippen molar-refractivity contribution in [1.29, 1.82) is 0 Å². The molecule has 1 atom stereocenters. The van der Waals surface area contributed by atoms with Crippen molar-refractivity contribution >= 4 is 27.9 Å². The van der Waals surface area contributed by atoms with Crippen molar-refractivity contribution in [3.05, 3.63) is 54.7 Å². The molecule has 0 N–H and O–H groups in total. The van der Waals surface area contributed by atoms with Gasteiger partial charge in [0.15, 0.2) is 0 Å². The van der Waals surface area contributed by atoms with E-state index in [2.05, 4.69) is 4.98 Å². The van der Waals surface area contributed by atoms with Crippen LogP contribution < -0.4 is 13.8 Å². The third-order valence-corrected chi connectivity index (χ3v) is 4.22. The van der Waals surface area contributed by atoms with Crippen LogP contribution in [0.15, 0.2) is 54.7 Å². The second-order valence-corrected chi connectivity index (χ2v) is 5.98. The van der Waals surface area contributed by atoms with E-state index in [1.165, 1.54) is 7.05 Å². The Hall–Kier alpha value is -2.64. The summed E-state index contributed by atoms with van der Waals surface area (Å²) in [6, 6.07) is 14.1. The number of anilines is 1. The molecule has 0 spiro atoms. The SMILES string of the molecule is COc1ccc2c(Oc3ccc(N(C)S(=O)[O-])cc3)ccnc2c1. The Morgan fingerprint density at radius 2 is 1.79 bits per heavy atom. The third kappa shape index (κ3) is 3.32. The van der Waals surface area contributed by atoms with Gasteiger partial charge in [0.2, 0.25) is 0 Å². The van der Waals surface area contributed by atoms with Crippen LogP contribution in [0.25, 0.3) is 10.9 Å². The Kier molecular flexibility index (Phi) is 4.64. The molecule has 24 heavy (non-hydrogen) atoms. The molecule has 6 nitrogen and oxygen atoms in total. The highest BCUT2D eigenvalue weighted by Crippen LogP contribution is 2.31. The molecule has 3 aromatic rings. The lowest BCUT2D eigenvalue weighted by Gasteiger charge is -2.21. The topological polar surface area (TPSA) is 74.7 Å². The van der Waals surface area contributed by atoms with Crippen LogP contribution in [0.3, 0.4) is 0 Å². The summed E-state index contributed by atoms with van der Waals surface area (Å²) in [5.41, 5.74) is 1.32. The van der Waals surface area contributed by atoms with Gasteiger partial charge in [0.05, 0.1) is 12.6 Å². The molecule has 0 saturated carbocycles. The van der Waals surface area contributed by atoms with Crippen LogP contribution in [-0.4, -0.2) is 27.9 Å². The Balaban J connectivity index is 1.88. The number of aromatic nitrogens is 1. The van der Waals surface area contributed by atoms with Gasteiger partial charge < -0.3 is 18.3 Å². The molecule has 0 bridgehead atoms. The maximum Gasteiger partial charge on any atom is 0.138 e. The van der Waals surface area contributed by atoms with Gasteiger partial charge in [0.25, 0.3) is 0 Å². The van der Waals surface area contributed by atoms with Crippen molar-refractivity contribution in [1.82, 2.24) is 4.98 Å². The Morgan fingerprint density at radius 1 is 1.08 bits per heavy atom. The van der Waals surface area contributed by atoms with Gasteiger partial charge in [-0.3, -0.25) is 9.19 Å². The molecule has 124 valence electrons. The average Bonchev–Trinajstić information content (AvgIpc) is 2.61. The van der Waals surface area contributed by atoms with Crippen LogP contribution in [0, 0.1) is 0 Å². The summed E-state index contributed by atoms with van der Waals surface area (Å²) in [7, 11) is 3.08. The van der Waals surface area contributed by atoms with Gasteiger partial charge in [-0.15, -0.1) is 0 Å². The van der Waals surface area contributed by atoms with Crippen LogP contribution in [0.2, 0.25) is 0 Å². The fourth-order valence-electron chi connectivity index (χ4n) is 2.25. The number of hydrogen-bond donors (Lipinski definition) is 0. The highest BCUT2D eigenvalue weighted by molar-refractivity contribution is 7.80. The number of pyridine rings is 1. The number of hydrogen-bond acceptors (Lipinski definition) is 5. The molecule has 0 saturated heterocycles. The van der Waals surface area contributed by atoms with Gasteiger partial charge in [0.1, 0.15) is 17.2 Å². The number of ether oxygens (including phenoxy) is 2. The highest BCUT2D eigenvalue weighted by atomic mass is 32.2. The number of rotatable bonds is 5. The third-order valence-electron chi connectivity index (χ3n) is 3.56. The summed E-state index contributed by atoms with van der Waals surface area (Å²) in [5, 5.41) is 0.861. The smallest absolute Gasteiger partial charge is 0.138 e. The first-order valence-electron chi connectivity index (χ1n) is 7.12. The lowest BCUT2D eigenvalue weighted by molar-refractivity contribution is 0.415. The zero-order chi connectivity index (χ0) is 17.1. The molecule has 0 aliphatic rings. The molecule has 7 heteroatoms. The lowest BCUT2D eigenvalue weighted by atomic mass is 10.2. The van der Waals surface area contributed by atoms with Crippen molar-refractivity contribution in [2.24, 2.45) is 0 Å². The van der Waals surface area contributed by atoms with Crippen molar-refractivity contribution < 1.29 is 18.2 Å². The van der Waals surface area contributed by atoms with E-state index in [-0.39, 0.29) is 0 Å². The molecule has 0 radical (unpaired) electrons. The van der Waals surface area contributed by atoms with Crippen LogP contribution in [0.5, 0.6) is 17.2 Å². The standard InChI is InChI=1S/C17H16N2O4S/c1-19(24(20)21)12-3-5-13(6-4-12)23-17-9-10-18-16-11-14(22-2)7-8-15(16)17/h3-11H,1-2H3,(H,20,21)/p-1. The molecule has 1 unspecified atom stereocenters. The zero-order valence-electron chi connectivity index (χ0n) is 13.1. The highest BCUT2D eigenvalue weighted by Gasteiger charge is 2.07. The van der Waals surface area contributed by atoms with Gasteiger partial charge in [0, 0.05) is 41.7 Å².